The summed E-state index contributed by atoms with van der Waals surface area (Å²) in [5.41, 5.74) is 0.493. The molecule has 0 bridgehead atoms. The largest absolute Gasteiger partial charge is 0.477 e. The van der Waals surface area contributed by atoms with Gasteiger partial charge in [-0.1, -0.05) is 25.7 Å². The Kier molecular flexibility index (Phi) is 7.37. The number of carboxylic acid groups (broad SMARTS) is 1. The zero-order valence-corrected chi connectivity index (χ0v) is 18.1. The highest BCUT2D eigenvalue weighted by Gasteiger charge is 2.37. The number of carbonyl (C=O) groups excluding carboxylic acids is 1. The maximum Gasteiger partial charge on any atom is 0.348 e. The van der Waals surface area contributed by atoms with E-state index < -0.39 is 5.97 Å². The van der Waals surface area contributed by atoms with Gasteiger partial charge >= 0.3 is 5.97 Å². The number of hydrogen-bond acceptors (Lipinski definition) is 4. The first kappa shape index (κ1) is 21.9. The summed E-state index contributed by atoms with van der Waals surface area (Å²) in [7, 11) is 0. The molecule has 2 aliphatic carbocycles. The monoisotopic (exact) mass is 417 g/mol. The molecule has 2 saturated carbocycles. The number of nitrogens with zero attached hydrogens (tertiary/aromatic N) is 1. The molecule has 0 saturated heterocycles. The summed E-state index contributed by atoms with van der Waals surface area (Å²) in [4.78, 5) is 28.2. The lowest BCUT2D eigenvalue weighted by Crippen LogP contribution is -2.47. The van der Waals surface area contributed by atoms with Crippen molar-refractivity contribution in [1.82, 2.24) is 0 Å². The number of amides is 1. The molecule has 0 aliphatic heterocycles. The average Bonchev–Trinajstić information content (AvgIpc) is 3.12. The first-order valence-electron chi connectivity index (χ1n) is 10.8. The second-order valence-electron chi connectivity index (χ2n) is 8.41. The summed E-state index contributed by atoms with van der Waals surface area (Å²) >= 11 is 1.15. The van der Waals surface area contributed by atoms with Gasteiger partial charge in [-0.05, 0) is 63.4 Å². The van der Waals surface area contributed by atoms with Gasteiger partial charge in [-0.25, -0.2) is 4.79 Å². The third-order valence-corrected chi connectivity index (χ3v) is 7.22. The van der Waals surface area contributed by atoms with Crippen molar-refractivity contribution in [3.63, 3.8) is 0 Å². The molecule has 1 aromatic heterocycles. The number of aliphatic hydroxyl groups excluding tert-OH is 1. The second kappa shape index (κ2) is 9.77. The molecule has 0 radical (unpaired) electrons. The van der Waals surface area contributed by atoms with Crippen LogP contribution >= 0.6 is 11.3 Å². The van der Waals surface area contributed by atoms with Crippen molar-refractivity contribution >= 4 is 28.9 Å². The number of aromatic carboxylic acids is 1. The van der Waals surface area contributed by atoms with Crippen LogP contribution in [0.15, 0.2) is 6.07 Å². The van der Waals surface area contributed by atoms with Gasteiger partial charge in [0, 0.05) is 18.4 Å². The quantitative estimate of drug-likeness (QED) is 0.698. The van der Waals surface area contributed by atoms with Gasteiger partial charge in [-0.15, -0.1) is 11.3 Å². The van der Waals surface area contributed by atoms with Gasteiger partial charge in [-0.3, -0.25) is 4.79 Å². The van der Waals surface area contributed by atoms with Crippen LogP contribution in [0.25, 0.3) is 0 Å². The maximum atomic E-state index is 13.6. The fourth-order valence-corrected chi connectivity index (χ4v) is 5.33. The van der Waals surface area contributed by atoms with E-state index in [9.17, 15) is 19.8 Å². The molecule has 2 aliphatic rings. The fourth-order valence-electron chi connectivity index (χ4n) is 4.47. The van der Waals surface area contributed by atoms with Crippen molar-refractivity contribution in [3.05, 3.63) is 15.8 Å². The van der Waals surface area contributed by atoms with Gasteiger partial charge in [-0.2, -0.15) is 0 Å². The SMILES string of the molecule is CCC#Cc1cc(N(C(=O)C2CCC(C)CC2)C2CCC(O)CC2)c(C(=O)O)s1. The molecular formula is C23H31NO4S. The first-order valence-corrected chi connectivity index (χ1v) is 11.6. The molecule has 1 heterocycles. The minimum absolute atomic E-state index is 0.0496. The normalized spacial score (nSPS) is 27.0. The highest BCUT2D eigenvalue weighted by atomic mass is 32.1. The summed E-state index contributed by atoms with van der Waals surface area (Å²) in [6.07, 6.45) is 6.84. The number of hydrogen-bond donors (Lipinski definition) is 2. The minimum Gasteiger partial charge on any atom is -0.477 e. The summed E-state index contributed by atoms with van der Waals surface area (Å²) in [5.74, 6) is 5.65. The summed E-state index contributed by atoms with van der Waals surface area (Å²) in [6, 6.07) is 1.72. The van der Waals surface area contributed by atoms with Gasteiger partial charge in [0.25, 0.3) is 0 Å². The number of anilines is 1. The van der Waals surface area contributed by atoms with E-state index in [1.165, 1.54) is 0 Å². The highest BCUT2D eigenvalue weighted by Crippen LogP contribution is 2.38. The maximum absolute atomic E-state index is 13.6. The number of rotatable bonds is 4. The molecule has 6 heteroatoms. The van der Waals surface area contributed by atoms with E-state index in [0.717, 1.165) is 37.0 Å². The van der Waals surface area contributed by atoms with Crippen LogP contribution in [0.5, 0.6) is 0 Å². The van der Waals surface area contributed by atoms with Crippen LogP contribution in [-0.2, 0) is 4.79 Å². The molecule has 0 unspecified atom stereocenters. The Bertz CT molecular complexity index is 790. The van der Waals surface area contributed by atoms with Crippen LogP contribution < -0.4 is 4.90 Å². The van der Waals surface area contributed by atoms with Crippen LogP contribution in [0.2, 0.25) is 0 Å². The van der Waals surface area contributed by atoms with E-state index in [0.29, 0.717) is 48.6 Å². The predicted octanol–water partition coefficient (Wildman–Crippen LogP) is 4.67. The van der Waals surface area contributed by atoms with E-state index >= 15 is 0 Å². The van der Waals surface area contributed by atoms with Crippen molar-refractivity contribution in [3.8, 4) is 11.8 Å². The highest BCUT2D eigenvalue weighted by molar-refractivity contribution is 7.15. The predicted molar refractivity (Wildman–Crippen MR) is 115 cm³/mol. The number of thiophene rings is 1. The Morgan fingerprint density at radius 1 is 1.14 bits per heavy atom. The molecule has 2 N–H and O–H groups in total. The lowest BCUT2D eigenvalue weighted by Gasteiger charge is -2.38. The van der Waals surface area contributed by atoms with Crippen LogP contribution in [-0.4, -0.2) is 34.2 Å². The van der Waals surface area contributed by atoms with Crippen molar-refractivity contribution in [2.75, 3.05) is 4.90 Å². The minimum atomic E-state index is -1.01. The fraction of sp³-hybridized carbons (Fsp3) is 0.652. The van der Waals surface area contributed by atoms with Crippen molar-refractivity contribution in [2.24, 2.45) is 11.8 Å². The van der Waals surface area contributed by atoms with E-state index in [1.54, 1.807) is 11.0 Å². The summed E-state index contributed by atoms with van der Waals surface area (Å²) in [5, 5.41) is 19.7. The topological polar surface area (TPSA) is 77.8 Å². The van der Waals surface area contributed by atoms with E-state index in [-0.39, 0.29) is 28.8 Å². The Balaban J connectivity index is 1.97. The van der Waals surface area contributed by atoms with Gasteiger partial charge in [0.05, 0.1) is 16.7 Å². The number of carboxylic acids is 1. The second-order valence-corrected chi connectivity index (χ2v) is 9.47. The molecule has 29 heavy (non-hydrogen) atoms. The zero-order chi connectivity index (χ0) is 21.0. The Hall–Kier alpha value is -1.84. The molecular weight excluding hydrogens is 386 g/mol. The molecule has 0 spiro atoms. The van der Waals surface area contributed by atoms with E-state index in [1.807, 2.05) is 6.92 Å². The van der Waals surface area contributed by atoms with Crippen molar-refractivity contribution in [1.29, 1.82) is 0 Å². The third kappa shape index (κ3) is 5.21. The van der Waals surface area contributed by atoms with Gasteiger partial charge in [0.2, 0.25) is 5.91 Å². The Morgan fingerprint density at radius 3 is 2.38 bits per heavy atom. The smallest absolute Gasteiger partial charge is 0.348 e. The van der Waals surface area contributed by atoms with Crippen LogP contribution in [0, 0.1) is 23.7 Å². The zero-order valence-electron chi connectivity index (χ0n) is 17.3. The lowest BCUT2D eigenvalue weighted by atomic mass is 9.81. The lowest BCUT2D eigenvalue weighted by molar-refractivity contribution is -0.124. The molecule has 1 aromatic rings. The molecule has 1 amide bonds. The third-order valence-electron chi connectivity index (χ3n) is 6.19. The molecule has 5 nitrogen and oxygen atoms in total. The Labute approximate surface area is 177 Å². The summed E-state index contributed by atoms with van der Waals surface area (Å²) < 4.78 is 0. The van der Waals surface area contributed by atoms with Crippen LogP contribution in [0.1, 0.15) is 86.2 Å². The van der Waals surface area contributed by atoms with Crippen LogP contribution in [0.4, 0.5) is 5.69 Å². The molecule has 2 fully saturated rings. The van der Waals surface area contributed by atoms with E-state index in [4.69, 9.17) is 0 Å². The van der Waals surface area contributed by atoms with Crippen LogP contribution in [0.3, 0.4) is 0 Å². The Morgan fingerprint density at radius 2 is 1.79 bits per heavy atom. The molecule has 158 valence electrons. The molecule has 3 rings (SSSR count). The summed E-state index contributed by atoms with van der Waals surface area (Å²) in [6.45, 7) is 4.17. The number of aliphatic hydroxyl groups is 1. The standard InChI is InChI=1S/C23H31NO4S/c1-3-4-5-19-14-20(21(29-19)23(27)28)24(17-10-12-18(25)13-11-17)22(26)16-8-6-15(2)7-9-16/h14-18,25H,3,6-13H2,1-2H3,(H,27,28). The number of carbonyl (C=O) groups is 2. The molecule has 0 aromatic carbocycles. The van der Waals surface area contributed by atoms with E-state index in [2.05, 4.69) is 18.8 Å². The molecule has 0 atom stereocenters. The average molecular weight is 418 g/mol. The van der Waals surface area contributed by atoms with Crippen molar-refractivity contribution < 1.29 is 19.8 Å². The van der Waals surface area contributed by atoms with Gasteiger partial charge in [0.15, 0.2) is 0 Å². The van der Waals surface area contributed by atoms with Crippen molar-refractivity contribution in [2.45, 2.75) is 83.8 Å². The van der Waals surface area contributed by atoms with Gasteiger partial charge < -0.3 is 15.1 Å². The van der Waals surface area contributed by atoms with Gasteiger partial charge in [0.1, 0.15) is 4.88 Å². The first-order chi connectivity index (χ1) is 13.9.